The van der Waals surface area contributed by atoms with Gasteiger partial charge in [0.15, 0.2) is 0 Å². The van der Waals surface area contributed by atoms with Crippen molar-refractivity contribution in [2.75, 3.05) is 0 Å². The predicted octanol–water partition coefficient (Wildman–Crippen LogP) is 3.60. The number of benzene rings is 1. The lowest BCUT2D eigenvalue weighted by Crippen LogP contribution is -2.06. The van der Waals surface area contributed by atoms with E-state index in [0.29, 0.717) is 0 Å². The van der Waals surface area contributed by atoms with Crippen molar-refractivity contribution in [1.29, 1.82) is 0 Å². The number of imidazole rings is 1. The molecule has 0 amide bonds. The van der Waals surface area contributed by atoms with Crippen LogP contribution in [0.4, 0.5) is 0 Å². The van der Waals surface area contributed by atoms with Gasteiger partial charge in [0.25, 0.3) is 0 Å². The summed E-state index contributed by atoms with van der Waals surface area (Å²) in [5.41, 5.74) is 3.86. The van der Waals surface area contributed by atoms with Crippen LogP contribution in [0.3, 0.4) is 0 Å². The largest absolute Gasteiger partial charge is 0.341 e. The molecular weight excluding hydrogens is 234 g/mol. The Morgan fingerprint density at radius 2 is 2.05 bits per heavy atom. The first-order valence-electron chi connectivity index (χ1n) is 6.82. The Bertz CT molecular complexity index is 691. The second-order valence-corrected chi connectivity index (χ2v) is 5.08. The third-order valence-corrected chi connectivity index (χ3v) is 3.52. The predicted molar refractivity (Wildman–Crippen MR) is 78.3 cm³/mol. The highest BCUT2D eigenvalue weighted by atomic mass is 15.1. The third kappa shape index (κ3) is 2.28. The molecular formula is C16H19N3. The second-order valence-electron chi connectivity index (χ2n) is 5.08. The van der Waals surface area contributed by atoms with Gasteiger partial charge in [-0.05, 0) is 36.9 Å². The fraction of sp³-hybridized carbons (Fsp3) is 0.312. The van der Waals surface area contributed by atoms with E-state index in [9.17, 15) is 0 Å². The molecule has 0 aliphatic heterocycles. The number of nitrogens with zero attached hydrogens (tertiary/aromatic N) is 3. The number of aromatic nitrogens is 3. The van der Waals surface area contributed by atoms with Gasteiger partial charge >= 0.3 is 0 Å². The van der Waals surface area contributed by atoms with Gasteiger partial charge in [-0.2, -0.15) is 0 Å². The number of hydrogen-bond donors (Lipinski definition) is 0. The molecule has 0 unspecified atom stereocenters. The first-order valence-corrected chi connectivity index (χ1v) is 6.82. The van der Waals surface area contributed by atoms with Gasteiger partial charge in [0, 0.05) is 24.5 Å². The van der Waals surface area contributed by atoms with Crippen molar-refractivity contribution in [2.45, 2.75) is 33.4 Å². The van der Waals surface area contributed by atoms with Crippen molar-refractivity contribution in [3.63, 3.8) is 0 Å². The monoisotopic (exact) mass is 253 g/mol. The van der Waals surface area contributed by atoms with Gasteiger partial charge in [0.1, 0.15) is 0 Å². The first-order chi connectivity index (χ1) is 9.28. The molecule has 3 aromatic rings. The Kier molecular flexibility index (Phi) is 3.11. The molecule has 0 spiro atoms. The zero-order valence-corrected chi connectivity index (χ0v) is 11.5. The lowest BCUT2D eigenvalue weighted by molar-refractivity contribution is 0.629. The lowest BCUT2D eigenvalue weighted by atomic mass is 10.2. The first kappa shape index (κ1) is 12.0. The molecule has 1 aromatic carbocycles. The maximum absolute atomic E-state index is 4.27. The summed E-state index contributed by atoms with van der Waals surface area (Å²) in [5, 5.41) is 1.31. The molecule has 98 valence electrons. The van der Waals surface area contributed by atoms with Crippen LogP contribution in [0.5, 0.6) is 0 Å². The smallest absolute Gasteiger partial charge is 0.0948 e. The van der Waals surface area contributed by atoms with Gasteiger partial charge in [-0.15, -0.1) is 0 Å². The number of rotatable bonds is 4. The van der Waals surface area contributed by atoms with E-state index in [2.05, 4.69) is 58.4 Å². The van der Waals surface area contributed by atoms with Crippen molar-refractivity contribution < 1.29 is 0 Å². The van der Waals surface area contributed by atoms with Crippen LogP contribution < -0.4 is 0 Å². The Balaban J connectivity index is 1.94. The number of aryl methyl sites for hydroxylation is 2. The molecule has 3 nitrogen and oxygen atoms in total. The van der Waals surface area contributed by atoms with Crippen LogP contribution in [0.2, 0.25) is 0 Å². The lowest BCUT2D eigenvalue weighted by Gasteiger charge is -2.09. The Morgan fingerprint density at radius 3 is 2.89 bits per heavy atom. The van der Waals surface area contributed by atoms with E-state index in [4.69, 9.17) is 0 Å². The van der Waals surface area contributed by atoms with E-state index >= 15 is 0 Å². The summed E-state index contributed by atoms with van der Waals surface area (Å²) in [5.74, 6) is 0. The quantitative estimate of drug-likeness (QED) is 0.696. The highest BCUT2D eigenvalue weighted by molar-refractivity contribution is 5.80. The fourth-order valence-corrected chi connectivity index (χ4v) is 2.55. The van der Waals surface area contributed by atoms with Crippen LogP contribution >= 0.6 is 0 Å². The van der Waals surface area contributed by atoms with E-state index < -0.39 is 0 Å². The molecule has 2 aromatic heterocycles. The molecule has 19 heavy (non-hydrogen) atoms. The molecule has 0 aliphatic rings. The second kappa shape index (κ2) is 4.92. The van der Waals surface area contributed by atoms with Gasteiger partial charge < -0.3 is 9.13 Å². The van der Waals surface area contributed by atoms with E-state index in [0.717, 1.165) is 19.5 Å². The van der Waals surface area contributed by atoms with Gasteiger partial charge in [-0.1, -0.05) is 18.6 Å². The summed E-state index contributed by atoms with van der Waals surface area (Å²) in [6.07, 6.45) is 7.19. The summed E-state index contributed by atoms with van der Waals surface area (Å²) < 4.78 is 4.53. The van der Waals surface area contributed by atoms with Crippen molar-refractivity contribution in [3.8, 4) is 0 Å². The highest BCUT2D eigenvalue weighted by Crippen LogP contribution is 2.18. The standard InChI is InChI=1S/C16H19N3/c1-3-7-19-12-17-10-15(19)11-18-8-6-14-9-13(2)4-5-16(14)18/h4-6,8-10,12H,3,7,11H2,1-2H3. The summed E-state index contributed by atoms with van der Waals surface area (Å²) in [4.78, 5) is 4.27. The maximum atomic E-state index is 4.27. The van der Waals surface area contributed by atoms with Crippen molar-refractivity contribution in [3.05, 3.63) is 54.2 Å². The van der Waals surface area contributed by atoms with E-state index in [1.54, 1.807) is 0 Å². The molecule has 0 aliphatic carbocycles. The molecule has 0 saturated heterocycles. The molecule has 0 fully saturated rings. The number of hydrogen-bond acceptors (Lipinski definition) is 1. The molecule has 2 heterocycles. The minimum atomic E-state index is 0.882. The van der Waals surface area contributed by atoms with Gasteiger partial charge in [-0.3, -0.25) is 0 Å². The average molecular weight is 253 g/mol. The molecule has 3 rings (SSSR count). The Labute approximate surface area is 113 Å². The van der Waals surface area contributed by atoms with Crippen LogP contribution in [0.1, 0.15) is 24.6 Å². The minimum Gasteiger partial charge on any atom is -0.341 e. The summed E-state index contributed by atoms with van der Waals surface area (Å²) >= 11 is 0. The van der Waals surface area contributed by atoms with Crippen LogP contribution in [-0.4, -0.2) is 14.1 Å². The average Bonchev–Trinajstić information content (AvgIpc) is 2.98. The van der Waals surface area contributed by atoms with Crippen LogP contribution in [-0.2, 0) is 13.1 Å². The van der Waals surface area contributed by atoms with Crippen LogP contribution in [0.25, 0.3) is 10.9 Å². The third-order valence-electron chi connectivity index (χ3n) is 3.52. The zero-order valence-electron chi connectivity index (χ0n) is 11.5. The van der Waals surface area contributed by atoms with Crippen molar-refractivity contribution >= 4 is 10.9 Å². The normalized spacial score (nSPS) is 11.3. The molecule has 0 radical (unpaired) electrons. The Hall–Kier alpha value is -2.03. The Morgan fingerprint density at radius 1 is 1.16 bits per heavy atom. The molecule has 0 bridgehead atoms. The summed E-state index contributed by atoms with van der Waals surface area (Å²) in [7, 11) is 0. The number of fused-ring (bicyclic) bond motifs is 1. The highest BCUT2D eigenvalue weighted by Gasteiger charge is 2.05. The van der Waals surface area contributed by atoms with Gasteiger partial charge in [-0.25, -0.2) is 4.98 Å². The molecule has 3 heteroatoms. The maximum Gasteiger partial charge on any atom is 0.0948 e. The van der Waals surface area contributed by atoms with E-state index in [1.807, 2.05) is 12.5 Å². The summed E-state index contributed by atoms with van der Waals surface area (Å²) in [6, 6.07) is 8.78. The van der Waals surface area contributed by atoms with Crippen molar-refractivity contribution in [2.24, 2.45) is 0 Å². The minimum absolute atomic E-state index is 0.882. The molecule has 0 N–H and O–H groups in total. The fourth-order valence-electron chi connectivity index (χ4n) is 2.55. The van der Waals surface area contributed by atoms with Crippen LogP contribution in [0, 0.1) is 6.92 Å². The molecule has 0 saturated carbocycles. The van der Waals surface area contributed by atoms with Gasteiger partial charge in [0.05, 0.1) is 18.6 Å². The topological polar surface area (TPSA) is 22.8 Å². The van der Waals surface area contributed by atoms with E-state index in [-0.39, 0.29) is 0 Å². The summed E-state index contributed by atoms with van der Waals surface area (Å²) in [6.45, 7) is 6.24. The molecule has 0 atom stereocenters. The van der Waals surface area contributed by atoms with E-state index in [1.165, 1.54) is 22.2 Å². The SMILES string of the molecule is CCCn1cncc1Cn1ccc2cc(C)ccc21. The van der Waals surface area contributed by atoms with Crippen molar-refractivity contribution in [1.82, 2.24) is 14.1 Å². The zero-order chi connectivity index (χ0) is 13.2. The van der Waals surface area contributed by atoms with Gasteiger partial charge in [0.2, 0.25) is 0 Å². The van der Waals surface area contributed by atoms with Crippen LogP contribution in [0.15, 0.2) is 43.0 Å².